The maximum Gasteiger partial charge on any atom is 0.263 e. The van der Waals surface area contributed by atoms with E-state index in [2.05, 4.69) is 9.71 Å². The lowest BCUT2D eigenvalue weighted by Crippen LogP contribution is -2.19. The Bertz CT molecular complexity index is 849. The Morgan fingerprint density at radius 3 is 2.58 bits per heavy atom. The van der Waals surface area contributed by atoms with Crippen molar-refractivity contribution < 1.29 is 18.3 Å². The number of pyridine rings is 1. The van der Waals surface area contributed by atoms with Gasteiger partial charge in [0.1, 0.15) is 0 Å². The van der Waals surface area contributed by atoms with Gasteiger partial charge in [0.25, 0.3) is 10.0 Å². The predicted molar refractivity (Wildman–Crippen MR) is 90.6 cm³/mol. The monoisotopic (exact) mass is 348 g/mol. The highest BCUT2D eigenvalue weighted by Crippen LogP contribution is 2.37. The minimum absolute atomic E-state index is 0.0248. The zero-order chi connectivity index (χ0) is 17.3. The van der Waals surface area contributed by atoms with Crippen molar-refractivity contribution >= 4 is 15.8 Å². The third-order valence-electron chi connectivity index (χ3n) is 3.99. The van der Waals surface area contributed by atoms with E-state index in [9.17, 15) is 13.5 Å². The fourth-order valence-electron chi connectivity index (χ4n) is 2.79. The lowest BCUT2D eigenvalue weighted by atomic mass is 9.95. The van der Waals surface area contributed by atoms with Gasteiger partial charge in [-0.15, -0.1) is 0 Å². The first-order valence-corrected chi connectivity index (χ1v) is 9.28. The van der Waals surface area contributed by atoms with Gasteiger partial charge in [-0.1, -0.05) is 32.0 Å². The summed E-state index contributed by atoms with van der Waals surface area (Å²) in [5.41, 5.74) is 2.32. The predicted octanol–water partition coefficient (Wildman–Crippen LogP) is 2.78. The number of benzene rings is 1. The molecule has 24 heavy (non-hydrogen) atoms. The summed E-state index contributed by atoms with van der Waals surface area (Å²) in [6.07, 6.45) is 0.531. The number of fused-ring (bicyclic) bond motifs is 1. The average molecular weight is 348 g/mol. The van der Waals surface area contributed by atoms with Crippen LogP contribution in [0.15, 0.2) is 35.2 Å². The van der Waals surface area contributed by atoms with E-state index in [0.29, 0.717) is 25.2 Å². The van der Waals surface area contributed by atoms with Crippen molar-refractivity contribution in [2.24, 2.45) is 0 Å². The van der Waals surface area contributed by atoms with E-state index < -0.39 is 10.0 Å². The summed E-state index contributed by atoms with van der Waals surface area (Å²) in [4.78, 5) is 4.50. The highest BCUT2D eigenvalue weighted by atomic mass is 32.2. The SMILES string of the molecule is CC(C)c1nc(NS(=O)(=O)c2ccccc2)c(O)c2c1COCC2. The second kappa shape index (κ2) is 6.41. The van der Waals surface area contributed by atoms with E-state index in [1.54, 1.807) is 18.2 Å². The van der Waals surface area contributed by atoms with Crippen LogP contribution in [0, 0.1) is 0 Å². The lowest BCUT2D eigenvalue weighted by molar-refractivity contribution is 0.108. The van der Waals surface area contributed by atoms with E-state index in [-0.39, 0.29) is 22.4 Å². The summed E-state index contributed by atoms with van der Waals surface area (Å²) in [5.74, 6) is -0.0542. The molecule has 0 saturated carbocycles. The number of aromatic hydroxyl groups is 1. The third-order valence-corrected chi connectivity index (χ3v) is 5.34. The summed E-state index contributed by atoms with van der Waals surface area (Å²) >= 11 is 0. The van der Waals surface area contributed by atoms with Gasteiger partial charge in [0, 0.05) is 11.1 Å². The fraction of sp³-hybridized carbons (Fsp3) is 0.353. The zero-order valence-corrected chi connectivity index (χ0v) is 14.4. The minimum atomic E-state index is -3.81. The molecule has 1 aliphatic rings. The Morgan fingerprint density at radius 2 is 1.92 bits per heavy atom. The molecule has 1 aromatic carbocycles. The topological polar surface area (TPSA) is 88.5 Å². The molecule has 0 aliphatic carbocycles. The summed E-state index contributed by atoms with van der Waals surface area (Å²) in [7, 11) is -3.81. The molecule has 2 N–H and O–H groups in total. The van der Waals surface area contributed by atoms with E-state index >= 15 is 0 Å². The van der Waals surface area contributed by atoms with E-state index in [1.807, 2.05) is 13.8 Å². The van der Waals surface area contributed by atoms with Gasteiger partial charge >= 0.3 is 0 Å². The molecule has 0 unspecified atom stereocenters. The molecule has 0 saturated heterocycles. The molecule has 2 heterocycles. The molecule has 0 atom stereocenters. The average Bonchev–Trinajstić information content (AvgIpc) is 2.58. The van der Waals surface area contributed by atoms with Crippen LogP contribution in [0.25, 0.3) is 0 Å². The second-order valence-corrected chi connectivity index (χ2v) is 7.71. The first-order valence-electron chi connectivity index (χ1n) is 7.80. The summed E-state index contributed by atoms with van der Waals surface area (Å²) in [6, 6.07) is 8.02. The highest BCUT2D eigenvalue weighted by molar-refractivity contribution is 7.92. The molecule has 6 nitrogen and oxygen atoms in total. The van der Waals surface area contributed by atoms with Crippen LogP contribution in [0.4, 0.5) is 5.82 Å². The number of aromatic nitrogens is 1. The van der Waals surface area contributed by atoms with Crippen molar-refractivity contribution in [2.45, 2.75) is 37.7 Å². The molecule has 0 bridgehead atoms. The Hall–Kier alpha value is -2.12. The molecule has 0 amide bonds. The molecule has 2 aromatic rings. The highest BCUT2D eigenvalue weighted by Gasteiger charge is 2.26. The number of nitrogens with zero attached hydrogens (tertiary/aromatic N) is 1. The number of hydrogen-bond acceptors (Lipinski definition) is 5. The van der Waals surface area contributed by atoms with Crippen LogP contribution in [-0.4, -0.2) is 25.1 Å². The van der Waals surface area contributed by atoms with Crippen molar-refractivity contribution in [3.8, 4) is 5.75 Å². The molecule has 0 fully saturated rings. The van der Waals surface area contributed by atoms with Gasteiger partial charge in [0.15, 0.2) is 11.6 Å². The van der Waals surface area contributed by atoms with Crippen LogP contribution in [-0.2, 0) is 27.8 Å². The molecule has 128 valence electrons. The molecular weight excluding hydrogens is 328 g/mol. The molecular formula is C17H20N2O4S. The number of hydrogen-bond donors (Lipinski definition) is 2. The molecule has 1 aliphatic heterocycles. The number of anilines is 1. The molecule has 0 radical (unpaired) electrons. The second-order valence-electron chi connectivity index (χ2n) is 6.03. The van der Waals surface area contributed by atoms with Crippen molar-refractivity contribution in [1.29, 1.82) is 0 Å². The lowest BCUT2D eigenvalue weighted by Gasteiger charge is -2.24. The standard InChI is InChI=1S/C17H20N2O4S/c1-11(2)15-14-10-23-9-8-13(14)16(20)17(18-15)19-24(21,22)12-6-4-3-5-7-12/h3-7,11,20H,8-10H2,1-2H3,(H,18,19). The van der Waals surface area contributed by atoms with Crippen LogP contribution in [0.5, 0.6) is 5.75 Å². The number of sulfonamides is 1. The Kier molecular flexibility index (Phi) is 4.47. The van der Waals surface area contributed by atoms with Gasteiger partial charge in [0.05, 0.1) is 23.8 Å². The van der Waals surface area contributed by atoms with Crippen molar-refractivity contribution in [3.05, 3.63) is 47.2 Å². The summed E-state index contributed by atoms with van der Waals surface area (Å²) in [5, 5.41) is 10.5. The number of rotatable bonds is 4. The van der Waals surface area contributed by atoms with E-state index in [1.165, 1.54) is 12.1 Å². The third kappa shape index (κ3) is 3.09. The smallest absolute Gasteiger partial charge is 0.263 e. The van der Waals surface area contributed by atoms with Gasteiger partial charge in [-0.25, -0.2) is 13.4 Å². The van der Waals surface area contributed by atoms with Crippen LogP contribution in [0.3, 0.4) is 0 Å². The van der Waals surface area contributed by atoms with Crippen molar-refractivity contribution in [1.82, 2.24) is 4.98 Å². The maximum absolute atomic E-state index is 12.5. The quantitative estimate of drug-likeness (QED) is 0.887. The first-order chi connectivity index (χ1) is 11.4. The van der Waals surface area contributed by atoms with Crippen molar-refractivity contribution in [2.75, 3.05) is 11.3 Å². The Balaban J connectivity index is 2.07. The van der Waals surface area contributed by atoms with Gasteiger partial charge in [-0.3, -0.25) is 4.72 Å². The minimum Gasteiger partial charge on any atom is -0.504 e. The van der Waals surface area contributed by atoms with Gasteiger partial charge in [-0.05, 0) is 24.5 Å². The summed E-state index contributed by atoms with van der Waals surface area (Å²) in [6.45, 7) is 4.83. The normalized spacial score (nSPS) is 14.5. The maximum atomic E-state index is 12.5. The van der Waals surface area contributed by atoms with Crippen LogP contribution in [0.1, 0.15) is 36.6 Å². The number of nitrogens with one attached hydrogen (secondary N) is 1. The van der Waals surface area contributed by atoms with Gasteiger partial charge in [0.2, 0.25) is 0 Å². The van der Waals surface area contributed by atoms with E-state index in [0.717, 1.165) is 11.3 Å². The van der Waals surface area contributed by atoms with Crippen LogP contribution >= 0.6 is 0 Å². The number of ether oxygens (including phenoxy) is 1. The van der Waals surface area contributed by atoms with E-state index in [4.69, 9.17) is 4.74 Å². The summed E-state index contributed by atoms with van der Waals surface area (Å²) < 4.78 is 32.9. The fourth-order valence-corrected chi connectivity index (χ4v) is 3.82. The molecule has 1 aromatic heterocycles. The Labute approximate surface area is 141 Å². The Morgan fingerprint density at radius 1 is 1.21 bits per heavy atom. The molecule has 7 heteroatoms. The van der Waals surface area contributed by atoms with Crippen LogP contribution < -0.4 is 4.72 Å². The molecule has 0 spiro atoms. The van der Waals surface area contributed by atoms with Crippen molar-refractivity contribution in [3.63, 3.8) is 0 Å². The van der Waals surface area contributed by atoms with Gasteiger partial charge < -0.3 is 9.84 Å². The van der Waals surface area contributed by atoms with Gasteiger partial charge in [-0.2, -0.15) is 0 Å². The zero-order valence-electron chi connectivity index (χ0n) is 13.6. The van der Waals surface area contributed by atoms with Crippen LogP contribution in [0.2, 0.25) is 0 Å². The molecule has 3 rings (SSSR count). The largest absolute Gasteiger partial charge is 0.504 e. The first kappa shape index (κ1) is 16.7.